The fraction of sp³-hybridized carbons (Fsp3) is 0.167. The number of nitrogens with zero attached hydrogens (tertiary/aromatic N) is 1. The van der Waals surface area contributed by atoms with E-state index in [1.807, 2.05) is 48.5 Å². The first-order valence-electron chi connectivity index (χ1n) is 7.26. The number of aryl methyl sites for hydroxylation is 2. The van der Waals surface area contributed by atoms with E-state index in [-0.39, 0.29) is 0 Å². The summed E-state index contributed by atoms with van der Waals surface area (Å²) in [6.45, 7) is 4.20. The molecule has 3 aromatic rings. The number of anilines is 1. The van der Waals surface area contributed by atoms with Gasteiger partial charge in [0.25, 0.3) is 0 Å². The van der Waals surface area contributed by atoms with Gasteiger partial charge in [-0.05, 0) is 43.7 Å². The van der Waals surface area contributed by atoms with Gasteiger partial charge in [0.05, 0.1) is 11.4 Å². The molecule has 2 aromatic carbocycles. The second kappa shape index (κ2) is 6.20. The maximum Gasteiger partial charge on any atom is 0.150 e. The topological polar surface area (TPSA) is 48.1 Å². The van der Waals surface area contributed by atoms with Crippen molar-refractivity contribution in [3.05, 3.63) is 59.1 Å². The standard InChI is InChI=1S/C18H18N2OS/c1-3-17-12(2)20-18(22-17)13-9-10-16(15(19)11-13)21-14-7-5-4-6-8-14/h4-11H,3,19H2,1-2H3. The van der Waals surface area contributed by atoms with Crippen molar-refractivity contribution in [2.45, 2.75) is 20.3 Å². The Kier molecular flexibility index (Phi) is 4.11. The summed E-state index contributed by atoms with van der Waals surface area (Å²) in [4.78, 5) is 5.95. The molecule has 4 heteroatoms. The third-order valence-corrected chi connectivity index (χ3v) is 4.79. The van der Waals surface area contributed by atoms with E-state index >= 15 is 0 Å². The number of aromatic nitrogens is 1. The van der Waals surface area contributed by atoms with Crippen LogP contribution in [0.5, 0.6) is 11.5 Å². The highest BCUT2D eigenvalue weighted by Crippen LogP contribution is 2.34. The summed E-state index contributed by atoms with van der Waals surface area (Å²) in [5.41, 5.74) is 8.89. The highest BCUT2D eigenvalue weighted by molar-refractivity contribution is 7.15. The normalized spacial score (nSPS) is 10.6. The summed E-state index contributed by atoms with van der Waals surface area (Å²) in [5.74, 6) is 1.44. The molecule has 22 heavy (non-hydrogen) atoms. The number of hydrogen-bond donors (Lipinski definition) is 1. The third kappa shape index (κ3) is 2.97. The molecule has 0 atom stereocenters. The van der Waals surface area contributed by atoms with Crippen LogP contribution in [0.4, 0.5) is 5.69 Å². The lowest BCUT2D eigenvalue weighted by Crippen LogP contribution is -1.92. The van der Waals surface area contributed by atoms with Crippen LogP contribution >= 0.6 is 11.3 Å². The zero-order valence-electron chi connectivity index (χ0n) is 12.7. The van der Waals surface area contributed by atoms with Gasteiger partial charge in [-0.15, -0.1) is 11.3 Å². The Hall–Kier alpha value is -2.33. The maximum absolute atomic E-state index is 6.14. The van der Waals surface area contributed by atoms with E-state index in [9.17, 15) is 0 Å². The average molecular weight is 310 g/mol. The Labute approximate surface area is 134 Å². The quantitative estimate of drug-likeness (QED) is 0.685. The Bertz CT molecular complexity index is 781. The summed E-state index contributed by atoms with van der Waals surface area (Å²) >= 11 is 1.72. The first-order chi connectivity index (χ1) is 10.7. The van der Waals surface area contributed by atoms with Crippen LogP contribution in [0.15, 0.2) is 48.5 Å². The molecule has 0 unspecified atom stereocenters. The number of rotatable bonds is 4. The fourth-order valence-electron chi connectivity index (χ4n) is 2.27. The number of hydrogen-bond acceptors (Lipinski definition) is 4. The minimum absolute atomic E-state index is 0.618. The number of para-hydroxylation sites is 1. The lowest BCUT2D eigenvalue weighted by Gasteiger charge is -2.09. The summed E-state index contributed by atoms with van der Waals surface area (Å²) in [7, 11) is 0. The van der Waals surface area contributed by atoms with Gasteiger partial charge in [0.15, 0.2) is 0 Å². The molecule has 0 saturated heterocycles. The summed E-state index contributed by atoms with van der Waals surface area (Å²) < 4.78 is 5.81. The lowest BCUT2D eigenvalue weighted by molar-refractivity contribution is 0.485. The van der Waals surface area contributed by atoms with Crippen molar-refractivity contribution in [2.75, 3.05) is 5.73 Å². The van der Waals surface area contributed by atoms with Gasteiger partial charge >= 0.3 is 0 Å². The van der Waals surface area contributed by atoms with E-state index in [1.165, 1.54) is 4.88 Å². The summed E-state index contributed by atoms with van der Waals surface area (Å²) in [6, 6.07) is 15.5. The average Bonchev–Trinajstić information content (AvgIpc) is 2.91. The van der Waals surface area contributed by atoms with Crippen molar-refractivity contribution < 1.29 is 4.74 Å². The van der Waals surface area contributed by atoms with Gasteiger partial charge < -0.3 is 10.5 Å². The van der Waals surface area contributed by atoms with E-state index in [0.29, 0.717) is 11.4 Å². The molecule has 0 fully saturated rings. The molecule has 0 spiro atoms. The van der Waals surface area contributed by atoms with Crippen molar-refractivity contribution in [1.82, 2.24) is 4.98 Å². The molecule has 112 valence electrons. The van der Waals surface area contributed by atoms with Crippen molar-refractivity contribution in [2.24, 2.45) is 0 Å². The van der Waals surface area contributed by atoms with Gasteiger partial charge in [0, 0.05) is 10.4 Å². The largest absolute Gasteiger partial charge is 0.455 e. The van der Waals surface area contributed by atoms with Crippen LogP contribution in [0.2, 0.25) is 0 Å². The highest BCUT2D eigenvalue weighted by Gasteiger charge is 2.10. The van der Waals surface area contributed by atoms with Crippen LogP contribution in [0.3, 0.4) is 0 Å². The number of nitrogens with two attached hydrogens (primary N) is 1. The van der Waals surface area contributed by atoms with Gasteiger partial charge in [0.2, 0.25) is 0 Å². The van der Waals surface area contributed by atoms with E-state index < -0.39 is 0 Å². The van der Waals surface area contributed by atoms with Crippen LogP contribution in [-0.4, -0.2) is 4.98 Å². The Balaban J connectivity index is 1.88. The molecule has 0 saturated carbocycles. The molecular formula is C18H18N2OS. The molecule has 1 aromatic heterocycles. The van der Waals surface area contributed by atoms with Crippen LogP contribution < -0.4 is 10.5 Å². The van der Waals surface area contributed by atoms with Gasteiger partial charge in [-0.25, -0.2) is 4.98 Å². The Morgan fingerprint density at radius 2 is 1.91 bits per heavy atom. The summed E-state index contributed by atoms with van der Waals surface area (Å²) in [6.07, 6.45) is 1.01. The van der Waals surface area contributed by atoms with Gasteiger partial charge in [-0.1, -0.05) is 25.1 Å². The molecule has 2 N–H and O–H groups in total. The van der Waals surface area contributed by atoms with Crippen molar-refractivity contribution in [3.63, 3.8) is 0 Å². The van der Waals surface area contributed by atoms with Crippen LogP contribution in [0.25, 0.3) is 10.6 Å². The predicted octanol–water partition coefficient (Wildman–Crippen LogP) is 5.06. The van der Waals surface area contributed by atoms with Gasteiger partial charge in [-0.2, -0.15) is 0 Å². The second-order valence-electron chi connectivity index (χ2n) is 5.05. The van der Waals surface area contributed by atoms with Crippen LogP contribution in [0.1, 0.15) is 17.5 Å². The molecule has 0 aliphatic rings. The smallest absolute Gasteiger partial charge is 0.150 e. The Morgan fingerprint density at radius 3 is 2.55 bits per heavy atom. The first kappa shape index (κ1) is 14.6. The van der Waals surface area contributed by atoms with E-state index in [1.54, 1.807) is 11.3 Å². The van der Waals surface area contributed by atoms with E-state index in [0.717, 1.165) is 28.4 Å². The Morgan fingerprint density at radius 1 is 1.14 bits per heavy atom. The predicted molar refractivity (Wildman–Crippen MR) is 92.6 cm³/mol. The fourth-order valence-corrected chi connectivity index (χ4v) is 3.27. The molecular weight excluding hydrogens is 292 g/mol. The van der Waals surface area contributed by atoms with Crippen molar-refractivity contribution in [1.29, 1.82) is 0 Å². The molecule has 0 aliphatic carbocycles. The molecule has 0 amide bonds. The van der Waals surface area contributed by atoms with Crippen molar-refractivity contribution in [3.8, 4) is 22.1 Å². The zero-order valence-corrected chi connectivity index (χ0v) is 13.5. The van der Waals surface area contributed by atoms with E-state index in [2.05, 4.69) is 18.8 Å². The molecule has 3 nitrogen and oxygen atoms in total. The SMILES string of the molecule is CCc1sc(-c2ccc(Oc3ccccc3)c(N)c2)nc1C. The molecule has 1 heterocycles. The molecule has 0 aliphatic heterocycles. The summed E-state index contributed by atoms with van der Waals surface area (Å²) in [5, 5.41) is 1.01. The van der Waals surface area contributed by atoms with E-state index in [4.69, 9.17) is 10.5 Å². The van der Waals surface area contributed by atoms with Crippen LogP contribution in [-0.2, 0) is 6.42 Å². The number of ether oxygens (including phenoxy) is 1. The molecule has 0 radical (unpaired) electrons. The van der Waals surface area contributed by atoms with Gasteiger partial charge in [-0.3, -0.25) is 0 Å². The molecule has 0 bridgehead atoms. The third-order valence-electron chi connectivity index (χ3n) is 3.44. The van der Waals surface area contributed by atoms with Gasteiger partial charge in [0.1, 0.15) is 16.5 Å². The minimum atomic E-state index is 0.618. The van der Waals surface area contributed by atoms with Crippen molar-refractivity contribution >= 4 is 17.0 Å². The second-order valence-corrected chi connectivity index (χ2v) is 6.13. The lowest BCUT2D eigenvalue weighted by atomic mass is 10.2. The number of benzene rings is 2. The number of nitrogen functional groups attached to an aromatic ring is 1. The number of thiazole rings is 1. The zero-order chi connectivity index (χ0) is 15.5. The molecule has 3 rings (SSSR count). The highest BCUT2D eigenvalue weighted by atomic mass is 32.1. The van der Waals surface area contributed by atoms with Crippen LogP contribution in [0, 0.1) is 6.92 Å². The maximum atomic E-state index is 6.14. The first-order valence-corrected chi connectivity index (χ1v) is 8.08. The monoisotopic (exact) mass is 310 g/mol. The minimum Gasteiger partial charge on any atom is -0.455 e.